The second kappa shape index (κ2) is 8.58. The van der Waals surface area contributed by atoms with Gasteiger partial charge >= 0.3 is 0 Å². The average molecular weight is 457 g/mol. The molecule has 2 aliphatic rings. The van der Waals surface area contributed by atoms with E-state index in [-0.39, 0.29) is 40.8 Å². The van der Waals surface area contributed by atoms with Gasteiger partial charge in [-0.05, 0) is 55.5 Å². The van der Waals surface area contributed by atoms with Gasteiger partial charge in [0, 0.05) is 0 Å². The second-order valence-electron chi connectivity index (χ2n) is 8.62. The number of para-hydroxylation sites is 1. The molecule has 0 radical (unpaired) electrons. The highest BCUT2D eigenvalue weighted by Crippen LogP contribution is 2.39. The van der Waals surface area contributed by atoms with E-state index >= 15 is 0 Å². The van der Waals surface area contributed by atoms with Gasteiger partial charge < -0.3 is 4.74 Å². The SMILES string of the molecule is COc1ccc(CN2C(=O)C3CCCCC3C2=O)cc1S(=O)(=O)Nc1c(C)cccc1C. The first-order valence-electron chi connectivity index (χ1n) is 10.8. The number of likely N-dealkylation sites (tertiary alicyclic amines) is 1. The van der Waals surface area contributed by atoms with Crippen LogP contribution in [0.1, 0.15) is 42.4 Å². The van der Waals surface area contributed by atoms with Crippen molar-refractivity contribution in [2.75, 3.05) is 11.8 Å². The molecule has 1 saturated carbocycles. The van der Waals surface area contributed by atoms with Crippen LogP contribution in [-0.4, -0.2) is 32.2 Å². The van der Waals surface area contributed by atoms with Gasteiger partial charge in [0.2, 0.25) is 11.8 Å². The van der Waals surface area contributed by atoms with Crippen molar-refractivity contribution >= 4 is 27.5 Å². The molecule has 8 heteroatoms. The van der Waals surface area contributed by atoms with Crippen LogP contribution in [0, 0.1) is 25.7 Å². The number of imide groups is 1. The number of carbonyl (C=O) groups excluding carboxylic acids is 2. The fraction of sp³-hybridized carbons (Fsp3) is 0.417. The third-order valence-corrected chi connectivity index (χ3v) is 7.88. The smallest absolute Gasteiger partial charge is 0.265 e. The number of carbonyl (C=O) groups is 2. The number of hydrogen-bond acceptors (Lipinski definition) is 5. The summed E-state index contributed by atoms with van der Waals surface area (Å²) in [7, 11) is -2.56. The van der Waals surface area contributed by atoms with E-state index in [1.165, 1.54) is 18.1 Å². The lowest BCUT2D eigenvalue weighted by atomic mass is 9.81. The van der Waals surface area contributed by atoms with E-state index in [4.69, 9.17) is 4.74 Å². The van der Waals surface area contributed by atoms with Crippen LogP contribution in [0.3, 0.4) is 0 Å². The zero-order valence-electron chi connectivity index (χ0n) is 18.6. The van der Waals surface area contributed by atoms with Crippen molar-refractivity contribution in [2.45, 2.75) is 51.0 Å². The van der Waals surface area contributed by atoms with Gasteiger partial charge in [0.05, 0.1) is 31.2 Å². The fourth-order valence-electron chi connectivity index (χ4n) is 4.76. The van der Waals surface area contributed by atoms with Crippen LogP contribution in [0.25, 0.3) is 0 Å². The molecule has 0 spiro atoms. The Morgan fingerprint density at radius 3 is 2.16 bits per heavy atom. The van der Waals surface area contributed by atoms with Crippen LogP contribution in [0.4, 0.5) is 5.69 Å². The molecular weight excluding hydrogens is 428 g/mol. The molecule has 7 nitrogen and oxygen atoms in total. The zero-order valence-corrected chi connectivity index (χ0v) is 19.4. The number of fused-ring (bicyclic) bond motifs is 1. The van der Waals surface area contributed by atoms with Gasteiger partial charge in [0.1, 0.15) is 10.6 Å². The molecule has 2 unspecified atom stereocenters. The van der Waals surface area contributed by atoms with Gasteiger partial charge in [0.15, 0.2) is 0 Å². The monoisotopic (exact) mass is 456 g/mol. The van der Waals surface area contributed by atoms with Crippen LogP contribution < -0.4 is 9.46 Å². The van der Waals surface area contributed by atoms with Gasteiger partial charge in [-0.1, -0.05) is 37.1 Å². The van der Waals surface area contributed by atoms with Gasteiger partial charge in [0.25, 0.3) is 10.0 Å². The molecule has 1 saturated heterocycles. The van der Waals surface area contributed by atoms with E-state index in [2.05, 4.69) is 4.72 Å². The summed E-state index contributed by atoms with van der Waals surface area (Å²) in [5.74, 6) is -0.561. The Balaban J connectivity index is 1.64. The average Bonchev–Trinajstić information content (AvgIpc) is 3.01. The maximum atomic E-state index is 13.3. The molecule has 1 aliphatic carbocycles. The number of methoxy groups -OCH3 is 1. The third kappa shape index (κ3) is 3.99. The highest BCUT2D eigenvalue weighted by atomic mass is 32.2. The van der Waals surface area contributed by atoms with E-state index in [0.717, 1.165) is 36.8 Å². The highest BCUT2D eigenvalue weighted by molar-refractivity contribution is 7.92. The minimum Gasteiger partial charge on any atom is -0.495 e. The summed E-state index contributed by atoms with van der Waals surface area (Å²) in [5, 5.41) is 0. The topological polar surface area (TPSA) is 92.8 Å². The Labute approximate surface area is 188 Å². The zero-order chi connectivity index (χ0) is 23.0. The Hall–Kier alpha value is -2.87. The molecular formula is C24H28N2O5S. The number of aryl methyl sites for hydroxylation is 2. The van der Waals surface area contributed by atoms with E-state index < -0.39 is 10.0 Å². The van der Waals surface area contributed by atoms with Crippen LogP contribution in [0.5, 0.6) is 5.75 Å². The minimum absolute atomic E-state index is 0.0309. The van der Waals surface area contributed by atoms with Crippen molar-refractivity contribution in [1.82, 2.24) is 4.90 Å². The summed E-state index contributed by atoms with van der Waals surface area (Å²) in [4.78, 5) is 26.9. The van der Waals surface area contributed by atoms with Gasteiger partial charge in [-0.3, -0.25) is 19.2 Å². The molecule has 4 rings (SSSR count). The summed E-state index contributed by atoms with van der Waals surface area (Å²) in [6, 6.07) is 10.3. The van der Waals surface area contributed by atoms with Crippen LogP contribution in [0.2, 0.25) is 0 Å². The van der Waals surface area contributed by atoms with Crippen LogP contribution in [0.15, 0.2) is 41.3 Å². The molecule has 1 aliphatic heterocycles. The third-order valence-electron chi connectivity index (χ3n) is 6.51. The molecule has 2 amide bonds. The van der Waals surface area contributed by atoms with Crippen molar-refractivity contribution < 1.29 is 22.7 Å². The lowest BCUT2D eigenvalue weighted by Gasteiger charge is -2.19. The van der Waals surface area contributed by atoms with Gasteiger partial charge in [-0.2, -0.15) is 0 Å². The van der Waals surface area contributed by atoms with Gasteiger partial charge in [-0.15, -0.1) is 0 Å². The molecule has 2 aromatic carbocycles. The number of hydrogen-bond donors (Lipinski definition) is 1. The quantitative estimate of drug-likeness (QED) is 0.668. The highest BCUT2D eigenvalue weighted by Gasteiger charge is 2.47. The van der Waals surface area contributed by atoms with Crippen molar-refractivity contribution in [1.29, 1.82) is 0 Å². The van der Waals surface area contributed by atoms with Crippen molar-refractivity contribution in [3.8, 4) is 5.75 Å². The fourth-order valence-corrected chi connectivity index (χ4v) is 6.19. The Morgan fingerprint density at radius 1 is 1.00 bits per heavy atom. The number of benzene rings is 2. The van der Waals surface area contributed by atoms with Crippen molar-refractivity contribution in [2.24, 2.45) is 11.8 Å². The second-order valence-corrected chi connectivity index (χ2v) is 10.3. The number of amides is 2. The first-order chi connectivity index (χ1) is 15.2. The predicted octanol–water partition coefficient (Wildman–Crippen LogP) is 3.79. The van der Waals surface area contributed by atoms with Gasteiger partial charge in [-0.25, -0.2) is 8.42 Å². The summed E-state index contributed by atoms with van der Waals surface area (Å²) in [6.45, 7) is 3.73. The summed E-state index contributed by atoms with van der Waals surface area (Å²) < 4.78 is 34.5. The normalized spacial score (nSPS) is 20.9. The first-order valence-corrected chi connectivity index (χ1v) is 12.3. The summed E-state index contributed by atoms with van der Waals surface area (Å²) >= 11 is 0. The van der Waals surface area contributed by atoms with Crippen LogP contribution >= 0.6 is 0 Å². The molecule has 2 aromatic rings. The number of nitrogens with zero attached hydrogens (tertiary/aromatic N) is 1. The largest absolute Gasteiger partial charge is 0.495 e. The van der Waals surface area contributed by atoms with E-state index in [1.807, 2.05) is 32.0 Å². The van der Waals surface area contributed by atoms with E-state index in [0.29, 0.717) is 11.3 Å². The number of sulfonamides is 1. The molecule has 1 N–H and O–H groups in total. The molecule has 2 fully saturated rings. The summed E-state index contributed by atoms with van der Waals surface area (Å²) in [6.07, 6.45) is 3.41. The Morgan fingerprint density at radius 2 is 1.59 bits per heavy atom. The maximum absolute atomic E-state index is 13.3. The van der Waals surface area contributed by atoms with E-state index in [9.17, 15) is 18.0 Å². The maximum Gasteiger partial charge on any atom is 0.265 e. The Kier molecular flexibility index (Phi) is 5.99. The number of ether oxygens (including phenoxy) is 1. The number of anilines is 1. The molecule has 2 atom stereocenters. The van der Waals surface area contributed by atoms with Crippen molar-refractivity contribution in [3.05, 3.63) is 53.1 Å². The molecule has 0 aromatic heterocycles. The first kappa shape index (κ1) is 22.3. The molecule has 0 bridgehead atoms. The molecule has 32 heavy (non-hydrogen) atoms. The standard InChI is InChI=1S/C24H28N2O5S/c1-15-7-6-8-16(2)22(15)25-32(29,30)21-13-17(11-12-20(21)31-3)14-26-23(27)18-9-4-5-10-19(18)24(26)28/h6-8,11-13,18-19,25H,4-5,9-10,14H2,1-3H3. The molecule has 1 heterocycles. The number of nitrogens with one attached hydrogen (secondary N) is 1. The van der Waals surface area contributed by atoms with E-state index in [1.54, 1.807) is 12.1 Å². The van der Waals surface area contributed by atoms with Crippen LogP contribution in [-0.2, 0) is 26.2 Å². The number of rotatable bonds is 6. The predicted molar refractivity (Wildman–Crippen MR) is 121 cm³/mol. The summed E-state index contributed by atoms with van der Waals surface area (Å²) in [5.41, 5.74) is 2.70. The van der Waals surface area contributed by atoms with Crippen molar-refractivity contribution in [3.63, 3.8) is 0 Å². The Bertz CT molecular complexity index is 1130. The minimum atomic E-state index is -3.97. The lowest BCUT2D eigenvalue weighted by molar-refractivity contribution is -0.140. The lowest BCUT2D eigenvalue weighted by Crippen LogP contribution is -2.30. The molecule has 170 valence electrons.